The highest BCUT2D eigenvalue weighted by molar-refractivity contribution is 7.16. The van der Waals surface area contributed by atoms with Crippen molar-refractivity contribution < 1.29 is 13.9 Å². The Morgan fingerprint density at radius 3 is 3.11 bits per heavy atom. The van der Waals surface area contributed by atoms with Gasteiger partial charge in [-0.15, -0.1) is 11.3 Å². The second kappa shape index (κ2) is 7.09. The second-order valence-corrected chi connectivity index (χ2v) is 7.95. The number of hydrogen-bond acceptors (Lipinski definition) is 5. The number of nitriles is 1. The lowest BCUT2D eigenvalue weighted by atomic mass is 9.89. The molecule has 0 saturated heterocycles. The molecule has 0 bridgehead atoms. The number of benzene rings is 1. The number of nitrogens with one attached hydrogen (secondary N) is 1. The summed E-state index contributed by atoms with van der Waals surface area (Å²) in [5, 5.41) is 13.9. The maximum Gasteiger partial charge on any atom is 0.292 e. The van der Waals surface area contributed by atoms with Crippen molar-refractivity contribution in [3.63, 3.8) is 0 Å². The molecule has 6 heteroatoms. The Morgan fingerprint density at radius 2 is 2.33 bits per heavy atom. The van der Waals surface area contributed by atoms with Gasteiger partial charge in [-0.2, -0.15) is 5.26 Å². The Hall–Kier alpha value is -2.78. The monoisotopic (exact) mass is 380 g/mol. The molecular weight excluding hydrogens is 360 g/mol. The minimum atomic E-state index is -0.350. The van der Waals surface area contributed by atoms with E-state index in [0.717, 1.165) is 30.2 Å². The molecule has 0 fully saturated rings. The molecule has 0 aliphatic heterocycles. The van der Waals surface area contributed by atoms with Crippen LogP contribution in [0.1, 0.15) is 46.8 Å². The molecular formula is C21H20N2O3S. The van der Waals surface area contributed by atoms with Gasteiger partial charge in [0.05, 0.1) is 12.2 Å². The first-order chi connectivity index (χ1) is 13.1. The van der Waals surface area contributed by atoms with Gasteiger partial charge in [-0.1, -0.05) is 19.1 Å². The molecule has 0 spiro atoms. The van der Waals surface area contributed by atoms with Crippen molar-refractivity contribution >= 4 is 33.2 Å². The van der Waals surface area contributed by atoms with E-state index in [0.29, 0.717) is 34.4 Å². The zero-order chi connectivity index (χ0) is 19.0. The van der Waals surface area contributed by atoms with Crippen molar-refractivity contribution in [2.75, 3.05) is 11.9 Å². The zero-order valence-electron chi connectivity index (χ0n) is 15.3. The Kier molecular flexibility index (Phi) is 4.63. The van der Waals surface area contributed by atoms with Crippen LogP contribution in [-0.2, 0) is 12.8 Å². The molecule has 138 valence electrons. The number of carbonyl (C=O) groups is 1. The zero-order valence-corrected chi connectivity index (χ0v) is 16.1. The second-order valence-electron chi connectivity index (χ2n) is 6.84. The molecule has 0 saturated carbocycles. The van der Waals surface area contributed by atoms with E-state index in [4.69, 9.17) is 9.15 Å². The van der Waals surface area contributed by atoms with Crippen LogP contribution >= 0.6 is 11.3 Å². The molecule has 1 unspecified atom stereocenters. The van der Waals surface area contributed by atoms with E-state index < -0.39 is 0 Å². The summed E-state index contributed by atoms with van der Waals surface area (Å²) < 4.78 is 11.3. The van der Waals surface area contributed by atoms with Gasteiger partial charge in [-0.3, -0.25) is 4.79 Å². The van der Waals surface area contributed by atoms with Crippen molar-refractivity contribution in [2.24, 2.45) is 5.92 Å². The van der Waals surface area contributed by atoms with Gasteiger partial charge < -0.3 is 14.5 Å². The quantitative estimate of drug-likeness (QED) is 0.680. The number of anilines is 1. The maximum atomic E-state index is 12.7. The molecule has 4 rings (SSSR count). The molecule has 1 N–H and O–H groups in total. The lowest BCUT2D eigenvalue weighted by molar-refractivity contribution is 0.0999. The Labute approximate surface area is 161 Å². The third kappa shape index (κ3) is 3.19. The molecule has 0 radical (unpaired) electrons. The lowest BCUT2D eigenvalue weighted by Crippen LogP contribution is -2.11. The average molecular weight is 380 g/mol. The van der Waals surface area contributed by atoms with Crippen molar-refractivity contribution in [1.29, 1.82) is 5.26 Å². The molecule has 2 aromatic heterocycles. The summed E-state index contributed by atoms with van der Waals surface area (Å²) in [4.78, 5) is 14.0. The first-order valence-electron chi connectivity index (χ1n) is 9.12. The number of rotatable bonds is 4. The van der Waals surface area contributed by atoms with E-state index in [2.05, 4.69) is 18.3 Å². The van der Waals surface area contributed by atoms with E-state index in [1.807, 2.05) is 25.1 Å². The van der Waals surface area contributed by atoms with Crippen LogP contribution in [0.5, 0.6) is 5.75 Å². The topological polar surface area (TPSA) is 75.3 Å². The van der Waals surface area contributed by atoms with Gasteiger partial charge in [0.15, 0.2) is 17.1 Å². The largest absolute Gasteiger partial charge is 0.490 e. The number of carbonyl (C=O) groups excluding carboxylic acids is 1. The summed E-state index contributed by atoms with van der Waals surface area (Å²) in [5.74, 6) is 1.09. The predicted octanol–water partition coefficient (Wildman–Crippen LogP) is 5.14. The third-order valence-corrected chi connectivity index (χ3v) is 6.05. The fourth-order valence-corrected chi connectivity index (χ4v) is 4.90. The predicted molar refractivity (Wildman–Crippen MR) is 106 cm³/mol. The standard InChI is InChI=1S/C21H20N2O3S/c1-3-25-16-6-4-5-13-10-17(26-19(13)16)20(24)23-21-15(11-22)14-8-7-12(2)9-18(14)27-21/h4-6,10,12H,3,7-9H2,1-2H3,(H,23,24). The smallest absolute Gasteiger partial charge is 0.292 e. The number of nitrogens with zero attached hydrogens (tertiary/aromatic N) is 1. The van der Waals surface area contributed by atoms with Crippen molar-refractivity contribution in [3.05, 3.63) is 46.0 Å². The summed E-state index contributed by atoms with van der Waals surface area (Å²) in [6.07, 6.45) is 2.94. The van der Waals surface area contributed by atoms with Crippen molar-refractivity contribution in [1.82, 2.24) is 0 Å². The van der Waals surface area contributed by atoms with Crippen molar-refractivity contribution in [3.8, 4) is 11.8 Å². The summed E-state index contributed by atoms with van der Waals surface area (Å²) in [6, 6.07) is 9.54. The number of amides is 1. The van der Waals surface area contributed by atoms with Gasteiger partial charge >= 0.3 is 0 Å². The van der Waals surface area contributed by atoms with Gasteiger partial charge in [-0.25, -0.2) is 0 Å². The number of thiophene rings is 1. The molecule has 1 atom stereocenters. The molecule has 5 nitrogen and oxygen atoms in total. The van der Waals surface area contributed by atoms with E-state index in [1.165, 1.54) is 16.2 Å². The van der Waals surface area contributed by atoms with Crippen LogP contribution in [-0.4, -0.2) is 12.5 Å². The molecule has 3 aromatic rings. The first kappa shape index (κ1) is 17.6. The summed E-state index contributed by atoms with van der Waals surface area (Å²) in [5.41, 5.74) is 2.25. The van der Waals surface area contributed by atoms with Crippen LogP contribution < -0.4 is 10.1 Å². The Morgan fingerprint density at radius 1 is 1.48 bits per heavy atom. The van der Waals surface area contributed by atoms with Gasteiger partial charge in [0.1, 0.15) is 11.1 Å². The normalized spacial score (nSPS) is 16.0. The van der Waals surface area contributed by atoms with Gasteiger partial charge in [0, 0.05) is 10.3 Å². The summed E-state index contributed by atoms with van der Waals surface area (Å²) in [7, 11) is 0. The van der Waals surface area contributed by atoms with Crippen LogP contribution in [0.4, 0.5) is 5.00 Å². The number of para-hydroxylation sites is 1. The number of ether oxygens (including phenoxy) is 1. The first-order valence-corrected chi connectivity index (χ1v) is 9.93. The Bertz CT molecular complexity index is 1060. The molecule has 27 heavy (non-hydrogen) atoms. The highest BCUT2D eigenvalue weighted by Gasteiger charge is 2.25. The fourth-order valence-electron chi connectivity index (χ4n) is 3.54. The van der Waals surface area contributed by atoms with Crippen LogP contribution in [0.2, 0.25) is 0 Å². The molecule has 1 aliphatic carbocycles. The van der Waals surface area contributed by atoms with Crippen LogP contribution in [0.15, 0.2) is 28.7 Å². The van der Waals surface area contributed by atoms with E-state index in [9.17, 15) is 10.1 Å². The summed E-state index contributed by atoms with van der Waals surface area (Å²) in [6.45, 7) is 4.64. The number of hydrogen-bond donors (Lipinski definition) is 1. The third-order valence-electron chi connectivity index (χ3n) is 4.88. The van der Waals surface area contributed by atoms with Crippen LogP contribution in [0.3, 0.4) is 0 Å². The molecule has 1 aromatic carbocycles. The molecule has 1 aliphatic rings. The van der Waals surface area contributed by atoms with E-state index in [1.54, 1.807) is 6.07 Å². The molecule has 2 heterocycles. The minimum Gasteiger partial charge on any atom is -0.490 e. The number of fused-ring (bicyclic) bond motifs is 2. The van der Waals surface area contributed by atoms with Crippen molar-refractivity contribution in [2.45, 2.75) is 33.1 Å². The van der Waals surface area contributed by atoms with E-state index in [-0.39, 0.29) is 11.7 Å². The van der Waals surface area contributed by atoms with Gasteiger partial charge in [-0.05, 0) is 49.8 Å². The lowest BCUT2D eigenvalue weighted by Gasteiger charge is -2.17. The highest BCUT2D eigenvalue weighted by atomic mass is 32.1. The van der Waals surface area contributed by atoms with Crippen LogP contribution in [0.25, 0.3) is 11.0 Å². The number of furan rings is 1. The highest BCUT2D eigenvalue weighted by Crippen LogP contribution is 2.39. The fraction of sp³-hybridized carbons (Fsp3) is 0.333. The molecule has 1 amide bonds. The van der Waals surface area contributed by atoms with E-state index >= 15 is 0 Å². The van der Waals surface area contributed by atoms with Crippen LogP contribution in [0, 0.1) is 17.2 Å². The summed E-state index contributed by atoms with van der Waals surface area (Å²) >= 11 is 1.51. The van der Waals surface area contributed by atoms with Gasteiger partial charge in [0.25, 0.3) is 5.91 Å². The average Bonchev–Trinajstić information content (AvgIpc) is 3.23. The minimum absolute atomic E-state index is 0.209. The SMILES string of the molecule is CCOc1cccc2cc(C(=O)Nc3sc4c(c3C#N)CCC(C)C4)oc12. The Balaban J connectivity index is 1.64. The maximum absolute atomic E-state index is 12.7. The van der Waals surface area contributed by atoms with Gasteiger partial charge in [0.2, 0.25) is 0 Å².